The lowest BCUT2D eigenvalue weighted by Gasteiger charge is -2.08. The van der Waals surface area contributed by atoms with E-state index in [0.717, 1.165) is 17.7 Å². The van der Waals surface area contributed by atoms with Crippen LogP contribution in [0, 0.1) is 17.5 Å². The topological polar surface area (TPSA) is 29.9 Å². The fraction of sp³-hybridized carbons (Fsp3) is 0.308. The first-order valence-corrected chi connectivity index (χ1v) is 5.91. The quantitative estimate of drug-likeness (QED) is 0.924. The van der Waals surface area contributed by atoms with Gasteiger partial charge < -0.3 is 5.32 Å². The molecule has 2 rings (SSSR count). The molecule has 1 N–H and O–H groups in total. The fourth-order valence-electron chi connectivity index (χ4n) is 1.92. The second-order valence-electron chi connectivity index (χ2n) is 4.23. The zero-order valence-corrected chi connectivity index (χ0v) is 10.7. The molecule has 0 aliphatic heterocycles. The maximum Gasteiger partial charge on any atom is 0.152 e. The van der Waals surface area contributed by atoms with Crippen LogP contribution in [0.25, 0.3) is 0 Å². The van der Waals surface area contributed by atoms with Crippen molar-refractivity contribution in [3.8, 4) is 0 Å². The van der Waals surface area contributed by atoms with Crippen molar-refractivity contribution in [1.82, 2.24) is 9.78 Å². The summed E-state index contributed by atoms with van der Waals surface area (Å²) in [6.07, 6.45) is 2.51. The Bertz CT molecular complexity index is 570. The van der Waals surface area contributed by atoms with Crippen LogP contribution < -0.4 is 5.32 Å². The van der Waals surface area contributed by atoms with Crippen LogP contribution in [-0.2, 0) is 20.0 Å². The number of benzene rings is 1. The van der Waals surface area contributed by atoms with Gasteiger partial charge in [0.1, 0.15) is 11.5 Å². The molecular formula is C13H14F3N3. The van der Waals surface area contributed by atoms with Gasteiger partial charge in [-0.3, -0.25) is 4.68 Å². The molecule has 0 amide bonds. The molecule has 0 unspecified atom stereocenters. The lowest BCUT2D eigenvalue weighted by Crippen LogP contribution is -2.05. The number of hydrogen-bond donors (Lipinski definition) is 1. The smallest absolute Gasteiger partial charge is 0.152 e. The van der Waals surface area contributed by atoms with Crippen LogP contribution in [0.2, 0.25) is 0 Å². The Morgan fingerprint density at radius 3 is 2.42 bits per heavy atom. The number of nitrogens with one attached hydrogen (secondary N) is 1. The number of rotatable bonds is 4. The summed E-state index contributed by atoms with van der Waals surface area (Å²) < 4.78 is 41.3. The molecule has 102 valence electrons. The van der Waals surface area contributed by atoms with E-state index in [4.69, 9.17) is 0 Å². The molecule has 1 aromatic heterocycles. The SMILES string of the molecule is CCc1nn(C)cc1CNc1c(F)cc(F)cc1F. The average Bonchev–Trinajstić information content (AvgIpc) is 2.68. The largest absolute Gasteiger partial charge is 0.376 e. The summed E-state index contributed by atoms with van der Waals surface area (Å²) in [5.41, 5.74) is 1.39. The number of aromatic nitrogens is 2. The van der Waals surface area contributed by atoms with Crippen molar-refractivity contribution >= 4 is 5.69 Å². The van der Waals surface area contributed by atoms with Crippen molar-refractivity contribution in [2.24, 2.45) is 7.05 Å². The van der Waals surface area contributed by atoms with Gasteiger partial charge in [-0.1, -0.05) is 6.92 Å². The maximum absolute atomic E-state index is 13.4. The van der Waals surface area contributed by atoms with Gasteiger partial charge in [0.2, 0.25) is 0 Å². The molecule has 3 nitrogen and oxygen atoms in total. The first kappa shape index (κ1) is 13.5. The normalized spacial score (nSPS) is 10.8. The highest BCUT2D eigenvalue weighted by Gasteiger charge is 2.12. The molecule has 6 heteroatoms. The highest BCUT2D eigenvalue weighted by Crippen LogP contribution is 2.21. The van der Waals surface area contributed by atoms with Crippen LogP contribution in [0.1, 0.15) is 18.2 Å². The van der Waals surface area contributed by atoms with Crippen LogP contribution in [0.4, 0.5) is 18.9 Å². The lowest BCUT2D eigenvalue weighted by atomic mass is 10.2. The summed E-state index contributed by atoms with van der Waals surface area (Å²) in [7, 11) is 1.78. The molecule has 0 saturated heterocycles. The first-order chi connectivity index (χ1) is 9.01. The molecule has 0 bridgehead atoms. The van der Waals surface area contributed by atoms with Gasteiger partial charge in [0.25, 0.3) is 0 Å². The minimum atomic E-state index is -0.945. The number of anilines is 1. The van der Waals surface area contributed by atoms with Gasteiger partial charge in [0.15, 0.2) is 11.6 Å². The highest BCUT2D eigenvalue weighted by atomic mass is 19.1. The van der Waals surface area contributed by atoms with Crippen LogP contribution >= 0.6 is 0 Å². The maximum atomic E-state index is 13.4. The van der Waals surface area contributed by atoms with Gasteiger partial charge in [-0.05, 0) is 6.42 Å². The minimum absolute atomic E-state index is 0.233. The number of aryl methyl sites for hydroxylation is 2. The van der Waals surface area contributed by atoms with Crippen LogP contribution in [0.15, 0.2) is 18.3 Å². The van der Waals surface area contributed by atoms with E-state index in [-0.39, 0.29) is 12.2 Å². The first-order valence-electron chi connectivity index (χ1n) is 5.91. The van der Waals surface area contributed by atoms with Crippen LogP contribution in [0.5, 0.6) is 0 Å². The van der Waals surface area contributed by atoms with Crippen LogP contribution in [0.3, 0.4) is 0 Å². The molecule has 2 aromatic rings. The molecule has 0 atom stereocenters. The number of hydrogen-bond acceptors (Lipinski definition) is 2. The van der Waals surface area contributed by atoms with Crippen molar-refractivity contribution in [1.29, 1.82) is 0 Å². The summed E-state index contributed by atoms with van der Waals surface area (Å²) in [5, 5.41) is 6.87. The van der Waals surface area contributed by atoms with E-state index in [1.165, 1.54) is 0 Å². The number of nitrogens with zero attached hydrogens (tertiary/aromatic N) is 2. The summed E-state index contributed by atoms with van der Waals surface area (Å²) in [6, 6.07) is 1.30. The van der Waals surface area contributed by atoms with E-state index in [9.17, 15) is 13.2 Å². The summed E-state index contributed by atoms with van der Waals surface area (Å²) >= 11 is 0. The molecule has 0 radical (unpaired) electrons. The molecule has 1 heterocycles. The number of halogens is 3. The van der Waals surface area contributed by atoms with E-state index in [0.29, 0.717) is 12.1 Å². The molecular weight excluding hydrogens is 255 g/mol. The van der Waals surface area contributed by atoms with Gasteiger partial charge in [0.05, 0.1) is 5.69 Å². The van der Waals surface area contributed by atoms with Crippen LogP contribution in [-0.4, -0.2) is 9.78 Å². The highest BCUT2D eigenvalue weighted by molar-refractivity contribution is 5.47. The molecule has 0 spiro atoms. The van der Waals surface area contributed by atoms with Crippen molar-refractivity contribution in [2.75, 3.05) is 5.32 Å². The Balaban J connectivity index is 2.19. The molecule has 1 aromatic carbocycles. The fourth-order valence-corrected chi connectivity index (χ4v) is 1.92. The van der Waals surface area contributed by atoms with Crippen molar-refractivity contribution < 1.29 is 13.2 Å². The van der Waals surface area contributed by atoms with Gasteiger partial charge in [-0.2, -0.15) is 5.10 Å². The Morgan fingerprint density at radius 1 is 1.21 bits per heavy atom. The van der Waals surface area contributed by atoms with E-state index in [2.05, 4.69) is 10.4 Å². The van der Waals surface area contributed by atoms with Gasteiger partial charge >= 0.3 is 0 Å². The third kappa shape index (κ3) is 2.89. The predicted octanol–water partition coefficient (Wildman–Crippen LogP) is 3.01. The van der Waals surface area contributed by atoms with E-state index >= 15 is 0 Å². The van der Waals surface area contributed by atoms with Crippen molar-refractivity contribution in [3.05, 3.63) is 47.0 Å². The third-order valence-electron chi connectivity index (χ3n) is 2.79. The average molecular weight is 269 g/mol. The van der Waals surface area contributed by atoms with E-state index in [1.807, 2.05) is 6.92 Å². The zero-order chi connectivity index (χ0) is 14.0. The Kier molecular flexibility index (Phi) is 3.78. The lowest BCUT2D eigenvalue weighted by molar-refractivity contribution is 0.547. The summed E-state index contributed by atoms with van der Waals surface area (Å²) in [6.45, 7) is 2.18. The monoisotopic (exact) mass is 269 g/mol. The molecule has 19 heavy (non-hydrogen) atoms. The second-order valence-corrected chi connectivity index (χ2v) is 4.23. The van der Waals surface area contributed by atoms with Crippen molar-refractivity contribution in [2.45, 2.75) is 19.9 Å². The predicted molar refractivity (Wildman–Crippen MR) is 66.2 cm³/mol. The van der Waals surface area contributed by atoms with E-state index in [1.54, 1.807) is 17.9 Å². The molecule has 0 saturated carbocycles. The summed E-state index contributed by atoms with van der Waals surface area (Å²) in [4.78, 5) is 0. The molecule has 0 aliphatic rings. The Hall–Kier alpha value is -1.98. The second kappa shape index (κ2) is 5.34. The third-order valence-corrected chi connectivity index (χ3v) is 2.79. The van der Waals surface area contributed by atoms with Crippen molar-refractivity contribution in [3.63, 3.8) is 0 Å². The van der Waals surface area contributed by atoms with E-state index < -0.39 is 17.5 Å². The van der Waals surface area contributed by atoms with Gasteiger partial charge in [0, 0.05) is 37.5 Å². The molecule has 0 aliphatic carbocycles. The standard InChI is InChI=1S/C13H14F3N3/c1-3-12-8(7-19(2)18-12)6-17-13-10(15)4-9(14)5-11(13)16/h4-5,7,17H,3,6H2,1-2H3. The minimum Gasteiger partial charge on any atom is -0.376 e. The molecule has 0 fully saturated rings. The Labute approximate surface area is 109 Å². The zero-order valence-electron chi connectivity index (χ0n) is 10.7. The van der Waals surface area contributed by atoms with Gasteiger partial charge in [-0.25, -0.2) is 13.2 Å². The summed E-state index contributed by atoms with van der Waals surface area (Å²) in [5.74, 6) is -2.82. The van der Waals surface area contributed by atoms with Gasteiger partial charge in [-0.15, -0.1) is 0 Å². The Morgan fingerprint density at radius 2 is 1.84 bits per heavy atom.